The van der Waals surface area contributed by atoms with Crippen LogP contribution in [0, 0.1) is 5.92 Å². The number of esters is 1. The number of carbonyl (C=O) groups excluding carboxylic acids is 2. The summed E-state index contributed by atoms with van der Waals surface area (Å²) in [6, 6.07) is 0. The van der Waals surface area contributed by atoms with Crippen LogP contribution in [0.15, 0.2) is 36.0 Å². The minimum absolute atomic E-state index is 0.0246. The largest absolute Gasteiger partial charge is 0.469 e. The molecule has 1 rings (SSSR count). The fourth-order valence-corrected chi connectivity index (χ4v) is 2.86. The first kappa shape index (κ1) is 21.4. The SMILES string of the molecule is CCCCC[C@@H](O)C=C[C@@H]1C=CC(=O)/C1=C/CCCCCC(=O)OC. The Balaban J connectivity index is 2.38. The maximum Gasteiger partial charge on any atom is 0.305 e. The van der Waals surface area contributed by atoms with Gasteiger partial charge in [0.15, 0.2) is 5.78 Å². The number of ether oxygens (including phenoxy) is 1. The Hall–Kier alpha value is -1.68. The number of aliphatic hydroxyl groups excluding tert-OH is 1. The van der Waals surface area contributed by atoms with E-state index in [0.29, 0.717) is 6.42 Å². The van der Waals surface area contributed by atoms with Crippen LogP contribution in [-0.4, -0.2) is 30.1 Å². The minimum Gasteiger partial charge on any atom is -0.469 e. The normalized spacial score (nSPS) is 19.9. The lowest BCUT2D eigenvalue weighted by molar-refractivity contribution is -0.140. The third-order valence-electron chi connectivity index (χ3n) is 4.42. The average molecular weight is 348 g/mol. The molecule has 0 fully saturated rings. The molecule has 25 heavy (non-hydrogen) atoms. The van der Waals surface area contributed by atoms with Crippen molar-refractivity contribution in [2.45, 2.75) is 70.8 Å². The number of carbonyl (C=O) groups is 2. The summed E-state index contributed by atoms with van der Waals surface area (Å²) in [4.78, 5) is 23.0. The summed E-state index contributed by atoms with van der Waals surface area (Å²) < 4.78 is 4.61. The highest BCUT2D eigenvalue weighted by Gasteiger charge is 2.20. The van der Waals surface area contributed by atoms with Crippen molar-refractivity contribution < 1.29 is 19.4 Å². The van der Waals surface area contributed by atoms with Gasteiger partial charge in [-0.1, -0.05) is 56.9 Å². The number of hydrogen-bond donors (Lipinski definition) is 1. The molecule has 140 valence electrons. The van der Waals surface area contributed by atoms with Gasteiger partial charge in [-0.25, -0.2) is 0 Å². The molecule has 0 amide bonds. The van der Waals surface area contributed by atoms with Crippen LogP contribution in [0.5, 0.6) is 0 Å². The van der Waals surface area contributed by atoms with Gasteiger partial charge in [0.2, 0.25) is 0 Å². The molecule has 0 aromatic carbocycles. The molecule has 0 aliphatic heterocycles. The minimum atomic E-state index is -0.435. The summed E-state index contributed by atoms with van der Waals surface area (Å²) in [5.41, 5.74) is 0.796. The molecule has 1 aliphatic rings. The van der Waals surface area contributed by atoms with Crippen molar-refractivity contribution in [3.63, 3.8) is 0 Å². The third kappa shape index (κ3) is 8.82. The van der Waals surface area contributed by atoms with Crippen molar-refractivity contribution in [3.8, 4) is 0 Å². The first-order chi connectivity index (χ1) is 12.1. The van der Waals surface area contributed by atoms with Gasteiger partial charge in [0.1, 0.15) is 0 Å². The molecule has 0 unspecified atom stereocenters. The number of aliphatic hydroxyl groups is 1. The Morgan fingerprint density at radius 3 is 2.80 bits per heavy atom. The predicted molar refractivity (Wildman–Crippen MR) is 100 cm³/mol. The fraction of sp³-hybridized carbons (Fsp3) is 0.619. The summed E-state index contributed by atoms with van der Waals surface area (Å²) in [6.45, 7) is 2.14. The van der Waals surface area contributed by atoms with E-state index in [-0.39, 0.29) is 17.7 Å². The second-order valence-corrected chi connectivity index (χ2v) is 6.53. The number of allylic oxidation sites excluding steroid dienone is 5. The lowest BCUT2D eigenvalue weighted by atomic mass is 9.98. The molecule has 4 heteroatoms. The molecule has 1 aliphatic carbocycles. The van der Waals surface area contributed by atoms with Crippen molar-refractivity contribution in [2.24, 2.45) is 5.92 Å². The number of rotatable bonds is 12. The Kier molecular flexibility index (Phi) is 10.8. The Morgan fingerprint density at radius 2 is 2.08 bits per heavy atom. The molecule has 2 atom stereocenters. The molecule has 0 heterocycles. The van der Waals surface area contributed by atoms with Crippen LogP contribution in [0.4, 0.5) is 0 Å². The number of unbranched alkanes of at least 4 members (excludes halogenated alkanes) is 5. The second-order valence-electron chi connectivity index (χ2n) is 6.53. The number of ketones is 1. The molecular formula is C21H32O4. The van der Waals surface area contributed by atoms with Gasteiger partial charge in [-0.05, 0) is 31.8 Å². The van der Waals surface area contributed by atoms with Gasteiger partial charge in [0.25, 0.3) is 0 Å². The van der Waals surface area contributed by atoms with Gasteiger partial charge >= 0.3 is 5.97 Å². The maximum atomic E-state index is 12.0. The standard InChI is InChI=1S/C21H32O4/c1-3-4-7-10-18(22)15-13-17-14-16-20(23)19(17)11-8-5-6-9-12-21(24)25-2/h11,13-18,22H,3-10,12H2,1-2H3/b15-13?,19-11+/t17-,18-/m1/s1. The highest BCUT2D eigenvalue weighted by Crippen LogP contribution is 2.24. The first-order valence-electron chi connectivity index (χ1n) is 9.44. The van der Waals surface area contributed by atoms with Gasteiger partial charge in [-0.3, -0.25) is 9.59 Å². The highest BCUT2D eigenvalue weighted by atomic mass is 16.5. The summed E-state index contributed by atoms with van der Waals surface area (Å²) >= 11 is 0. The van der Waals surface area contributed by atoms with E-state index in [4.69, 9.17) is 0 Å². The zero-order valence-corrected chi connectivity index (χ0v) is 15.6. The molecular weight excluding hydrogens is 316 g/mol. The van der Waals surface area contributed by atoms with Gasteiger partial charge in [-0.15, -0.1) is 0 Å². The van der Waals surface area contributed by atoms with Gasteiger partial charge in [0.05, 0.1) is 13.2 Å². The fourth-order valence-electron chi connectivity index (χ4n) is 2.86. The van der Waals surface area contributed by atoms with Gasteiger partial charge in [-0.2, -0.15) is 0 Å². The average Bonchev–Trinajstić information content (AvgIpc) is 2.96. The second kappa shape index (κ2) is 12.6. The van der Waals surface area contributed by atoms with Crippen molar-refractivity contribution in [2.75, 3.05) is 7.11 Å². The Labute approximate surface area is 151 Å². The van der Waals surface area contributed by atoms with Crippen LogP contribution >= 0.6 is 0 Å². The maximum absolute atomic E-state index is 12.0. The first-order valence-corrected chi connectivity index (χ1v) is 9.44. The third-order valence-corrected chi connectivity index (χ3v) is 4.42. The van der Waals surface area contributed by atoms with E-state index in [1.165, 1.54) is 7.11 Å². The molecule has 0 aromatic rings. The van der Waals surface area contributed by atoms with Gasteiger partial charge < -0.3 is 9.84 Å². The van der Waals surface area contributed by atoms with Crippen molar-refractivity contribution in [3.05, 3.63) is 36.0 Å². The molecule has 0 radical (unpaired) electrons. The highest BCUT2D eigenvalue weighted by molar-refractivity contribution is 6.07. The van der Waals surface area contributed by atoms with Crippen LogP contribution in [0.2, 0.25) is 0 Å². The van der Waals surface area contributed by atoms with E-state index < -0.39 is 6.10 Å². The van der Waals surface area contributed by atoms with Crippen LogP contribution in [0.1, 0.15) is 64.7 Å². The lowest BCUT2D eigenvalue weighted by Crippen LogP contribution is -2.05. The molecule has 0 saturated carbocycles. The van der Waals surface area contributed by atoms with E-state index >= 15 is 0 Å². The quantitative estimate of drug-likeness (QED) is 0.247. The van der Waals surface area contributed by atoms with Gasteiger partial charge in [0, 0.05) is 17.9 Å². The number of methoxy groups -OCH3 is 1. The smallest absolute Gasteiger partial charge is 0.305 e. The van der Waals surface area contributed by atoms with E-state index in [1.54, 1.807) is 6.08 Å². The predicted octanol–water partition coefficient (Wildman–Crippen LogP) is 4.29. The van der Waals surface area contributed by atoms with Crippen LogP contribution in [-0.2, 0) is 14.3 Å². The molecule has 4 nitrogen and oxygen atoms in total. The van der Waals surface area contributed by atoms with E-state index in [2.05, 4.69) is 11.7 Å². The zero-order valence-electron chi connectivity index (χ0n) is 15.6. The number of hydrogen-bond acceptors (Lipinski definition) is 4. The molecule has 1 N–H and O–H groups in total. The molecule has 0 bridgehead atoms. The lowest BCUT2D eigenvalue weighted by Gasteiger charge is -2.08. The molecule has 0 saturated heterocycles. The van der Waals surface area contributed by atoms with E-state index in [9.17, 15) is 14.7 Å². The Morgan fingerprint density at radius 1 is 1.28 bits per heavy atom. The van der Waals surface area contributed by atoms with Crippen LogP contribution in [0.25, 0.3) is 0 Å². The van der Waals surface area contributed by atoms with Crippen molar-refractivity contribution in [1.82, 2.24) is 0 Å². The summed E-state index contributed by atoms with van der Waals surface area (Å²) in [5, 5.41) is 9.97. The van der Waals surface area contributed by atoms with E-state index in [1.807, 2.05) is 24.3 Å². The topological polar surface area (TPSA) is 63.6 Å². The van der Waals surface area contributed by atoms with Crippen LogP contribution < -0.4 is 0 Å². The molecule has 0 spiro atoms. The monoisotopic (exact) mass is 348 g/mol. The van der Waals surface area contributed by atoms with Crippen LogP contribution in [0.3, 0.4) is 0 Å². The zero-order chi connectivity index (χ0) is 18.5. The summed E-state index contributed by atoms with van der Waals surface area (Å²) in [5.74, 6) is -0.135. The van der Waals surface area contributed by atoms with E-state index in [0.717, 1.165) is 56.9 Å². The van der Waals surface area contributed by atoms with Crippen molar-refractivity contribution in [1.29, 1.82) is 0 Å². The summed E-state index contributed by atoms with van der Waals surface area (Å²) in [6.07, 6.45) is 16.9. The van der Waals surface area contributed by atoms with Crippen molar-refractivity contribution >= 4 is 11.8 Å². The molecule has 0 aromatic heterocycles. The Bertz CT molecular complexity index is 502. The summed E-state index contributed by atoms with van der Waals surface area (Å²) in [7, 11) is 1.40.